The lowest BCUT2D eigenvalue weighted by Crippen LogP contribution is -2.11. The third-order valence-corrected chi connectivity index (χ3v) is 4.02. The van der Waals surface area contributed by atoms with Crippen LogP contribution in [0.2, 0.25) is 0 Å². The maximum Gasteiger partial charge on any atom is 0.325 e. The molecule has 0 amide bonds. The van der Waals surface area contributed by atoms with Gasteiger partial charge in [-0.05, 0) is 48.5 Å². The quantitative estimate of drug-likeness (QED) is 0.337. The van der Waals surface area contributed by atoms with Gasteiger partial charge in [0, 0.05) is 23.1 Å². The normalized spacial score (nSPS) is 9.55. The zero-order valence-electron chi connectivity index (χ0n) is 15.2. The Morgan fingerprint density at radius 3 is 2.21 bits per heavy atom. The van der Waals surface area contributed by atoms with Gasteiger partial charge in [-0.3, -0.25) is 4.79 Å². The smallest absolute Gasteiger partial charge is 0.325 e. The average Bonchev–Trinajstić information content (AvgIpc) is 2.75. The summed E-state index contributed by atoms with van der Waals surface area (Å²) in [4.78, 5) is 17.0. The molecular formula is C23H14N4O2. The van der Waals surface area contributed by atoms with Gasteiger partial charge in [-0.15, -0.1) is 0 Å². The summed E-state index contributed by atoms with van der Waals surface area (Å²) in [5.41, 5.74) is 3.36. The molecule has 0 saturated carbocycles. The minimum absolute atomic E-state index is 0.319. The van der Waals surface area contributed by atoms with E-state index in [2.05, 4.69) is 10.9 Å². The Morgan fingerprint density at radius 1 is 0.966 bits per heavy atom. The van der Waals surface area contributed by atoms with Crippen molar-refractivity contribution in [2.24, 2.45) is 0 Å². The number of anilines is 3. The first-order chi connectivity index (χ1) is 14.1. The van der Waals surface area contributed by atoms with E-state index in [0.29, 0.717) is 22.7 Å². The molecule has 6 nitrogen and oxygen atoms in total. The van der Waals surface area contributed by atoms with Gasteiger partial charge in [0.05, 0.1) is 24.3 Å². The molecule has 3 aromatic carbocycles. The maximum atomic E-state index is 11.7. The van der Waals surface area contributed by atoms with E-state index in [1.165, 1.54) is 0 Å². The number of ether oxygens (including phenoxy) is 1. The largest absolute Gasteiger partial charge is 0.426 e. The lowest BCUT2D eigenvalue weighted by Gasteiger charge is -2.26. The molecule has 0 bridgehead atoms. The summed E-state index contributed by atoms with van der Waals surface area (Å²) < 4.78 is 5.22. The van der Waals surface area contributed by atoms with Gasteiger partial charge in [-0.1, -0.05) is 18.2 Å². The first-order valence-corrected chi connectivity index (χ1v) is 8.60. The van der Waals surface area contributed by atoms with Crippen molar-refractivity contribution in [2.45, 2.75) is 6.42 Å². The van der Waals surface area contributed by atoms with Crippen LogP contribution < -0.4 is 9.64 Å². The molecule has 0 aliphatic heterocycles. The van der Waals surface area contributed by atoms with Gasteiger partial charge in [0.15, 0.2) is 5.69 Å². The van der Waals surface area contributed by atoms with Crippen molar-refractivity contribution in [3.63, 3.8) is 0 Å². The third-order valence-electron chi connectivity index (χ3n) is 4.02. The molecule has 138 valence electrons. The third kappa shape index (κ3) is 4.57. The van der Waals surface area contributed by atoms with Crippen molar-refractivity contribution in [3.8, 4) is 17.9 Å². The molecule has 0 spiro atoms. The van der Waals surface area contributed by atoms with Crippen molar-refractivity contribution in [1.29, 1.82) is 10.5 Å². The van der Waals surface area contributed by atoms with E-state index < -0.39 is 5.97 Å². The molecule has 29 heavy (non-hydrogen) atoms. The molecule has 0 N–H and O–H groups in total. The zero-order chi connectivity index (χ0) is 20.6. The fraction of sp³-hybridized carbons (Fsp3) is 0.0435. The fourth-order valence-corrected chi connectivity index (χ4v) is 2.73. The number of carbonyl (C=O) groups is 1. The monoisotopic (exact) mass is 378 g/mol. The van der Waals surface area contributed by atoms with Gasteiger partial charge in [-0.25, -0.2) is 4.85 Å². The van der Waals surface area contributed by atoms with Crippen LogP contribution >= 0.6 is 0 Å². The van der Waals surface area contributed by atoms with Crippen molar-refractivity contribution in [2.75, 3.05) is 4.90 Å². The predicted octanol–water partition coefficient (Wildman–Crippen LogP) is 5.40. The molecule has 0 saturated heterocycles. The van der Waals surface area contributed by atoms with E-state index in [-0.39, 0.29) is 6.42 Å². The van der Waals surface area contributed by atoms with E-state index in [9.17, 15) is 4.79 Å². The Labute approximate surface area is 168 Å². The minimum atomic E-state index is -0.629. The van der Waals surface area contributed by atoms with Crippen LogP contribution in [0.1, 0.15) is 12.0 Å². The van der Waals surface area contributed by atoms with Crippen LogP contribution in [0.5, 0.6) is 5.75 Å². The van der Waals surface area contributed by atoms with Gasteiger partial charge in [0.2, 0.25) is 0 Å². The molecule has 0 radical (unpaired) electrons. The van der Waals surface area contributed by atoms with E-state index >= 15 is 0 Å². The van der Waals surface area contributed by atoms with Crippen LogP contribution in [0.15, 0.2) is 72.8 Å². The summed E-state index contributed by atoms with van der Waals surface area (Å²) in [6.45, 7) is 7.13. The Kier molecular flexibility index (Phi) is 5.86. The highest BCUT2D eigenvalue weighted by Gasteiger charge is 2.14. The number of nitrogens with zero attached hydrogens (tertiary/aromatic N) is 4. The molecule has 3 rings (SSSR count). The van der Waals surface area contributed by atoms with Crippen molar-refractivity contribution < 1.29 is 9.53 Å². The molecule has 0 fully saturated rings. The predicted molar refractivity (Wildman–Crippen MR) is 108 cm³/mol. The van der Waals surface area contributed by atoms with E-state index in [4.69, 9.17) is 21.8 Å². The summed E-state index contributed by atoms with van der Waals surface area (Å²) in [5, 5.41) is 17.7. The molecule has 0 aliphatic rings. The van der Waals surface area contributed by atoms with Crippen LogP contribution in [0.3, 0.4) is 0 Å². The van der Waals surface area contributed by atoms with Crippen LogP contribution in [-0.2, 0) is 4.79 Å². The van der Waals surface area contributed by atoms with Crippen LogP contribution in [-0.4, -0.2) is 5.97 Å². The Balaban J connectivity index is 2.05. The van der Waals surface area contributed by atoms with Crippen molar-refractivity contribution >= 4 is 28.7 Å². The van der Waals surface area contributed by atoms with E-state index in [1.807, 2.05) is 35.2 Å². The second-order valence-corrected chi connectivity index (χ2v) is 5.93. The molecule has 0 aliphatic carbocycles. The van der Waals surface area contributed by atoms with E-state index in [1.54, 1.807) is 48.5 Å². The highest BCUT2D eigenvalue weighted by Crippen LogP contribution is 2.36. The first kappa shape index (κ1) is 19.2. The zero-order valence-corrected chi connectivity index (χ0v) is 15.2. The van der Waals surface area contributed by atoms with Gasteiger partial charge < -0.3 is 9.64 Å². The lowest BCUT2D eigenvalue weighted by atomic mass is 10.1. The van der Waals surface area contributed by atoms with E-state index in [0.717, 1.165) is 11.4 Å². The number of nitriles is 2. The van der Waals surface area contributed by atoms with Gasteiger partial charge >= 0.3 is 5.97 Å². The molecule has 0 unspecified atom stereocenters. The topological polar surface area (TPSA) is 81.5 Å². The SMILES string of the molecule is [C-]#[N+]c1ccc(N(c2ccc(C#N)cc2)c2cccc(OC(=O)CC#N)c2)cc1. The van der Waals surface area contributed by atoms with Gasteiger partial charge in [0.25, 0.3) is 0 Å². The summed E-state index contributed by atoms with van der Waals surface area (Å²) >= 11 is 0. The maximum absolute atomic E-state index is 11.7. The van der Waals surface area contributed by atoms with Gasteiger partial charge in [0.1, 0.15) is 12.2 Å². The highest BCUT2D eigenvalue weighted by atomic mass is 16.5. The van der Waals surface area contributed by atoms with Crippen molar-refractivity contribution in [3.05, 3.63) is 89.8 Å². The Morgan fingerprint density at radius 2 is 1.62 bits per heavy atom. The summed E-state index contributed by atoms with van der Waals surface area (Å²) in [6, 6.07) is 24.9. The van der Waals surface area contributed by atoms with Gasteiger partial charge in [-0.2, -0.15) is 10.5 Å². The summed E-state index contributed by atoms with van der Waals surface area (Å²) in [7, 11) is 0. The Hall–Kier alpha value is -4.60. The fourth-order valence-electron chi connectivity index (χ4n) is 2.73. The minimum Gasteiger partial charge on any atom is -0.426 e. The number of hydrogen-bond donors (Lipinski definition) is 0. The molecule has 6 heteroatoms. The Bertz CT molecular complexity index is 1090. The van der Waals surface area contributed by atoms with Crippen LogP contribution in [0.25, 0.3) is 4.85 Å². The number of esters is 1. The molecule has 0 heterocycles. The average molecular weight is 378 g/mol. The number of hydrogen-bond acceptors (Lipinski definition) is 5. The second kappa shape index (κ2) is 8.86. The first-order valence-electron chi connectivity index (χ1n) is 8.60. The highest BCUT2D eigenvalue weighted by molar-refractivity contribution is 5.79. The second-order valence-electron chi connectivity index (χ2n) is 5.93. The standard InChI is InChI=1S/C23H14N4O2/c1-26-18-7-11-20(12-8-18)27(19-9-5-17(16-25)6-10-19)21-3-2-4-22(15-21)29-23(28)13-14-24/h2-12,15H,13H2. The summed E-state index contributed by atoms with van der Waals surface area (Å²) in [6.07, 6.45) is -0.332. The van der Waals surface area contributed by atoms with Crippen LogP contribution in [0, 0.1) is 29.2 Å². The summed E-state index contributed by atoms with van der Waals surface area (Å²) in [5.74, 6) is -0.310. The number of rotatable bonds is 5. The number of carbonyl (C=O) groups excluding carboxylic acids is 1. The lowest BCUT2D eigenvalue weighted by molar-refractivity contribution is -0.133. The molecular weight excluding hydrogens is 364 g/mol. The molecule has 0 atom stereocenters. The molecule has 3 aromatic rings. The van der Waals surface area contributed by atoms with Crippen LogP contribution in [0.4, 0.5) is 22.7 Å². The van der Waals surface area contributed by atoms with Crippen molar-refractivity contribution in [1.82, 2.24) is 0 Å². The molecule has 0 aromatic heterocycles. The number of benzene rings is 3.